The number of nitrogens with zero attached hydrogens (tertiary/aromatic N) is 1. The molecule has 0 saturated heterocycles. The van der Waals surface area contributed by atoms with Gasteiger partial charge in [-0.05, 0) is 44.1 Å². The van der Waals surface area contributed by atoms with Crippen LogP contribution in [0.3, 0.4) is 0 Å². The van der Waals surface area contributed by atoms with Crippen LogP contribution in [-0.2, 0) is 23.4 Å². The Morgan fingerprint density at radius 3 is 2.69 bits per heavy atom. The molecule has 2 N–H and O–H groups in total. The zero-order valence-corrected chi connectivity index (χ0v) is 18.7. The first-order valence-corrected chi connectivity index (χ1v) is 13.1. The Morgan fingerprint density at radius 2 is 1.86 bits per heavy atom. The van der Waals surface area contributed by atoms with Gasteiger partial charge in [0, 0.05) is 23.1 Å². The molecule has 2 aromatic heterocycles. The molecule has 0 unspecified atom stereocenters. The summed E-state index contributed by atoms with van der Waals surface area (Å²) in [6.07, 6.45) is 13.6. The molecule has 2 aromatic rings. The number of carbonyl (C=O) groups is 1. The summed E-state index contributed by atoms with van der Waals surface area (Å²) >= 11 is 3.36. The Bertz CT molecular complexity index is 897. The van der Waals surface area contributed by atoms with Gasteiger partial charge in [-0.2, -0.15) is 11.8 Å². The number of thiophene rings is 1. The van der Waals surface area contributed by atoms with Gasteiger partial charge in [-0.25, -0.2) is 4.98 Å². The number of aryl methyl sites for hydroxylation is 2. The van der Waals surface area contributed by atoms with Crippen LogP contribution in [0.25, 0.3) is 10.2 Å². The number of carbonyl (C=O) groups excluding carboxylic acids is 1. The fourth-order valence-corrected chi connectivity index (χ4v) is 6.60. The number of thioether (sulfide) groups is 1. The maximum Gasteiger partial charge on any atom is 0.259 e. The first-order valence-electron chi connectivity index (χ1n) is 11.1. The van der Waals surface area contributed by atoms with E-state index in [1.54, 1.807) is 23.1 Å². The van der Waals surface area contributed by atoms with Gasteiger partial charge in [0.25, 0.3) is 5.56 Å². The molecule has 1 saturated carbocycles. The number of aromatic nitrogens is 2. The molecule has 0 aromatic carbocycles. The van der Waals surface area contributed by atoms with E-state index in [0.717, 1.165) is 47.5 Å². The van der Waals surface area contributed by atoms with Crippen molar-refractivity contribution in [1.82, 2.24) is 15.3 Å². The lowest BCUT2D eigenvalue weighted by Crippen LogP contribution is -2.35. The number of hydrogen-bond acceptors (Lipinski definition) is 5. The van der Waals surface area contributed by atoms with Gasteiger partial charge in [0.15, 0.2) is 0 Å². The second-order valence-corrected chi connectivity index (χ2v) is 10.5. The predicted octanol–water partition coefficient (Wildman–Crippen LogP) is 4.72. The van der Waals surface area contributed by atoms with E-state index in [9.17, 15) is 9.59 Å². The first kappa shape index (κ1) is 20.9. The second-order valence-electron chi connectivity index (χ2n) is 8.32. The van der Waals surface area contributed by atoms with E-state index in [1.807, 2.05) is 0 Å². The van der Waals surface area contributed by atoms with Gasteiger partial charge in [-0.3, -0.25) is 9.59 Å². The molecule has 7 heteroatoms. The fraction of sp³-hybridized carbons (Fsp3) is 0.682. The molecule has 0 atom stereocenters. The van der Waals surface area contributed by atoms with Crippen molar-refractivity contribution in [2.24, 2.45) is 0 Å². The summed E-state index contributed by atoms with van der Waals surface area (Å²) in [6, 6.07) is 0.359. The van der Waals surface area contributed by atoms with Gasteiger partial charge in [0.2, 0.25) is 5.91 Å². The van der Waals surface area contributed by atoms with Crippen molar-refractivity contribution in [3.8, 4) is 0 Å². The lowest BCUT2D eigenvalue weighted by molar-refractivity contribution is -0.121. The molecular formula is C22H31N3O2S2. The lowest BCUT2D eigenvalue weighted by atomic mass is 9.97. The van der Waals surface area contributed by atoms with Crippen LogP contribution >= 0.6 is 23.1 Å². The largest absolute Gasteiger partial charge is 0.353 e. The van der Waals surface area contributed by atoms with E-state index in [1.165, 1.54) is 55.4 Å². The molecule has 0 radical (unpaired) electrons. The van der Waals surface area contributed by atoms with Gasteiger partial charge >= 0.3 is 0 Å². The average molecular weight is 434 g/mol. The van der Waals surface area contributed by atoms with E-state index in [2.05, 4.69) is 10.3 Å². The molecular weight excluding hydrogens is 402 g/mol. The third kappa shape index (κ3) is 5.43. The number of H-pyrrole nitrogens is 1. The van der Waals surface area contributed by atoms with Crippen molar-refractivity contribution < 1.29 is 4.79 Å². The quantitative estimate of drug-likeness (QED) is 0.647. The molecule has 1 amide bonds. The third-order valence-electron chi connectivity index (χ3n) is 6.06. The highest BCUT2D eigenvalue weighted by atomic mass is 32.2. The van der Waals surface area contributed by atoms with Crippen molar-refractivity contribution in [1.29, 1.82) is 0 Å². The predicted molar refractivity (Wildman–Crippen MR) is 122 cm³/mol. The van der Waals surface area contributed by atoms with E-state index in [-0.39, 0.29) is 11.5 Å². The smallest absolute Gasteiger partial charge is 0.259 e. The molecule has 29 heavy (non-hydrogen) atoms. The number of nitrogens with one attached hydrogen (secondary N) is 2. The normalized spacial score (nSPS) is 18.2. The van der Waals surface area contributed by atoms with Crippen LogP contribution in [-0.4, -0.2) is 27.7 Å². The Kier molecular flexibility index (Phi) is 7.29. The molecule has 158 valence electrons. The lowest BCUT2D eigenvalue weighted by Gasteiger charge is -2.21. The average Bonchev–Trinajstić information content (AvgIpc) is 3.06. The zero-order chi connectivity index (χ0) is 20.1. The van der Waals surface area contributed by atoms with Gasteiger partial charge in [0.1, 0.15) is 10.7 Å². The maximum atomic E-state index is 12.6. The minimum absolute atomic E-state index is 0.00650. The number of amides is 1. The second kappa shape index (κ2) is 10.1. The number of rotatable bonds is 6. The third-order valence-corrected chi connectivity index (χ3v) is 8.21. The minimum atomic E-state index is 0.00650. The fourth-order valence-electron chi connectivity index (χ4n) is 4.51. The van der Waals surface area contributed by atoms with Crippen LogP contribution < -0.4 is 10.9 Å². The van der Waals surface area contributed by atoms with Crippen molar-refractivity contribution in [3.05, 3.63) is 26.6 Å². The summed E-state index contributed by atoms with van der Waals surface area (Å²) in [4.78, 5) is 34.8. The summed E-state index contributed by atoms with van der Waals surface area (Å²) in [6.45, 7) is 0. The van der Waals surface area contributed by atoms with Crippen LogP contribution in [0, 0.1) is 0 Å². The molecule has 2 heterocycles. The molecule has 0 aliphatic heterocycles. The van der Waals surface area contributed by atoms with Crippen molar-refractivity contribution in [2.75, 3.05) is 5.75 Å². The molecule has 1 fully saturated rings. The Labute approximate surface area is 180 Å². The first-order chi connectivity index (χ1) is 14.2. The summed E-state index contributed by atoms with van der Waals surface area (Å²) < 4.78 is 0. The van der Waals surface area contributed by atoms with E-state index in [4.69, 9.17) is 4.98 Å². The zero-order valence-electron chi connectivity index (χ0n) is 17.1. The Balaban J connectivity index is 1.26. The minimum Gasteiger partial charge on any atom is -0.353 e. The monoisotopic (exact) mass is 433 g/mol. The molecule has 2 aliphatic carbocycles. The molecule has 5 nitrogen and oxygen atoms in total. The van der Waals surface area contributed by atoms with Crippen LogP contribution in [0.5, 0.6) is 0 Å². The molecule has 0 spiro atoms. The number of fused-ring (bicyclic) bond motifs is 3. The van der Waals surface area contributed by atoms with Crippen molar-refractivity contribution in [2.45, 2.75) is 88.8 Å². The van der Waals surface area contributed by atoms with Crippen molar-refractivity contribution in [3.63, 3.8) is 0 Å². The highest BCUT2D eigenvalue weighted by Crippen LogP contribution is 2.33. The number of aromatic amines is 1. The number of hydrogen-bond donors (Lipinski definition) is 2. The summed E-state index contributed by atoms with van der Waals surface area (Å²) in [5.74, 6) is 2.28. The van der Waals surface area contributed by atoms with Gasteiger partial charge in [-0.1, -0.05) is 32.1 Å². The standard InChI is InChI=1S/C22H31N3O2S2/c26-19(23-15-8-4-2-1-3-5-9-15)12-13-28-14-18-24-21(27)20-16-10-6-7-11-17(16)29-22(20)25-18/h15H,1-14H2,(H,23,26)(H,24,25,27). The van der Waals surface area contributed by atoms with E-state index >= 15 is 0 Å². The van der Waals surface area contributed by atoms with Crippen molar-refractivity contribution >= 4 is 39.2 Å². The molecule has 2 aliphatic rings. The molecule has 4 rings (SSSR count). The highest BCUT2D eigenvalue weighted by molar-refractivity contribution is 7.98. The van der Waals surface area contributed by atoms with Gasteiger partial charge in [0.05, 0.1) is 11.1 Å². The van der Waals surface area contributed by atoms with E-state index in [0.29, 0.717) is 18.2 Å². The van der Waals surface area contributed by atoms with E-state index < -0.39 is 0 Å². The van der Waals surface area contributed by atoms with Crippen LogP contribution in [0.1, 0.15) is 80.5 Å². The summed E-state index contributed by atoms with van der Waals surface area (Å²) in [5, 5.41) is 4.04. The van der Waals surface area contributed by atoms with Gasteiger partial charge in [-0.15, -0.1) is 11.3 Å². The van der Waals surface area contributed by atoms with Crippen LogP contribution in [0.2, 0.25) is 0 Å². The van der Waals surface area contributed by atoms with Crippen LogP contribution in [0.4, 0.5) is 0 Å². The SMILES string of the molecule is O=C(CCSCc1nc2sc3c(c2c(=O)[nH]1)CCCC3)NC1CCCCCCC1. The highest BCUT2D eigenvalue weighted by Gasteiger charge is 2.20. The molecule has 0 bridgehead atoms. The summed E-state index contributed by atoms with van der Waals surface area (Å²) in [7, 11) is 0. The maximum absolute atomic E-state index is 12.6. The Hall–Kier alpha value is -1.34. The van der Waals surface area contributed by atoms with Gasteiger partial charge < -0.3 is 10.3 Å². The Morgan fingerprint density at radius 1 is 1.10 bits per heavy atom. The van der Waals surface area contributed by atoms with Crippen LogP contribution in [0.15, 0.2) is 4.79 Å². The topological polar surface area (TPSA) is 74.8 Å². The summed E-state index contributed by atoms with van der Waals surface area (Å²) in [5.41, 5.74) is 1.24.